The van der Waals surface area contributed by atoms with Gasteiger partial charge < -0.3 is 11.1 Å². The molecule has 0 aromatic heterocycles. The minimum Gasteiger partial charge on any atom is -0.352 e. The third-order valence-corrected chi connectivity index (χ3v) is 1.83. The van der Waals surface area contributed by atoms with Gasteiger partial charge in [-0.25, -0.2) is 0 Å². The van der Waals surface area contributed by atoms with Crippen LogP contribution in [0.25, 0.3) is 0 Å². The fraction of sp³-hybridized carbons (Fsp3) is 0.900. The third kappa shape index (κ3) is 6.58. The molecule has 1 atom stereocenters. The molecule has 3 heteroatoms. The Labute approximate surface area is 81.1 Å². The average molecular weight is 186 g/mol. The Morgan fingerprint density at radius 3 is 2.31 bits per heavy atom. The maximum absolute atomic E-state index is 11.4. The van der Waals surface area contributed by atoms with Crippen LogP contribution in [0.1, 0.15) is 40.5 Å². The Morgan fingerprint density at radius 1 is 1.46 bits per heavy atom. The number of hydrogen-bond acceptors (Lipinski definition) is 2. The zero-order valence-electron chi connectivity index (χ0n) is 9.18. The maximum Gasteiger partial charge on any atom is 0.220 e. The minimum absolute atomic E-state index is 0.0526. The number of hydrogen-bond donors (Lipinski definition) is 2. The van der Waals surface area contributed by atoms with Gasteiger partial charge in [0.1, 0.15) is 0 Å². The van der Waals surface area contributed by atoms with E-state index in [1.54, 1.807) is 0 Å². The summed E-state index contributed by atoms with van der Waals surface area (Å²) in [5.41, 5.74) is 5.53. The van der Waals surface area contributed by atoms with Crippen LogP contribution in [0.5, 0.6) is 0 Å². The molecule has 0 aliphatic heterocycles. The van der Waals surface area contributed by atoms with Gasteiger partial charge in [-0.05, 0) is 11.8 Å². The highest BCUT2D eigenvalue weighted by molar-refractivity contribution is 5.76. The van der Waals surface area contributed by atoms with Crippen molar-refractivity contribution < 1.29 is 4.79 Å². The predicted octanol–water partition coefficient (Wildman–Crippen LogP) is 1.28. The van der Waals surface area contributed by atoms with Gasteiger partial charge in [0, 0.05) is 19.0 Å². The molecule has 0 aromatic carbocycles. The Hall–Kier alpha value is -0.570. The van der Waals surface area contributed by atoms with E-state index in [2.05, 4.69) is 26.1 Å². The van der Waals surface area contributed by atoms with E-state index in [1.807, 2.05) is 6.92 Å². The number of carbonyl (C=O) groups is 1. The molecule has 0 saturated heterocycles. The van der Waals surface area contributed by atoms with Crippen molar-refractivity contribution in [1.29, 1.82) is 0 Å². The summed E-state index contributed by atoms with van der Waals surface area (Å²) in [6, 6.07) is 0.134. The number of nitrogens with two attached hydrogens (primary N) is 1. The van der Waals surface area contributed by atoms with E-state index in [-0.39, 0.29) is 17.4 Å². The number of carbonyl (C=O) groups excluding carboxylic acids is 1. The van der Waals surface area contributed by atoms with Gasteiger partial charge >= 0.3 is 0 Å². The van der Waals surface area contributed by atoms with Gasteiger partial charge in [0.05, 0.1) is 0 Å². The highest BCUT2D eigenvalue weighted by Crippen LogP contribution is 2.17. The molecular formula is C10H22N2O. The molecule has 0 aliphatic carbocycles. The molecule has 13 heavy (non-hydrogen) atoms. The first-order chi connectivity index (χ1) is 5.89. The molecule has 3 N–H and O–H groups in total. The van der Waals surface area contributed by atoms with Crippen LogP contribution in [0.2, 0.25) is 0 Å². The molecule has 0 spiro atoms. The first-order valence-electron chi connectivity index (χ1n) is 4.88. The molecule has 1 amide bonds. The molecule has 0 fully saturated rings. The quantitative estimate of drug-likeness (QED) is 0.695. The number of rotatable bonds is 4. The number of amides is 1. The van der Waals surface area contributed by atoms with E-state index in [4.69, 9.17) is 5.73 Å². The molecule has 1 unspecified atom stereocenters. The van der Waals surface area contributed by atoms with Crippen molar-refractivity contribution in [2.75, 3.05) is 6.54 Å². The van der Waals surface area contributed by atoms with Gasteiger partial charge in [-0.2, -0.15) is 0 Å². The van der Waals surface area contributed by atoms with E-state index < -0.39 is 0 Å². The van der Waals surface area contributed by atoms with Crippen LogP contribution in [0, 0.1) is 5.41 Å². The van der Waals surface area contributed by atoms with Crippen LogP contribution >= 0.6 is 0 Å². The fourth-order valence-corrected chi connectivity index (χ4v) is 1.09. The van der Waals surface area contributed by atoms with Crippen molar-refractivity contribution in [3.8, 4) is 0 Å². The Morgan fingerprint density at radius 2 is 2.00 bits per heavy atom. The van der Waals surface area contributed by atoms with Gasteiger partial charge in [0.15, 0.2) is 0 Å². The van der Waals surface area contributed by atoms with Crippen molar-refractivity contribution in [2.24, 2.45) is 11.1 Å². The number of nitrogens with one attached hydrogen (secondary N) is 1. The average Bonchev–Trinajstić information content (AvgIpc) is 1.96. The summed E-state index contributed by atoms with van der Waals surface area (Å²) in [7, 11) is 0. The summed E-state index contributed by atoms with van der Waals surface area (Å²) in [5, 5.41) is 2.91. The molecule has 0 rings (SSSR count). The second kappa shape index (κ2) is 5.22. The molecule has 3 nitrogen and oxygen atoms in total. The smallest absolute Gasteiger partial charge is 0.220 e. The Kier molecular flexibility index (Phi) is 4.99. The summed E-state index contributed by atoms with van der Waals surface area (Å²) in [5.74, 6) is 0.102. The third-order valence-electron chi connectivity index (χ3n) is 1.83. The minimum atomic E-state index is 0.0526. The van der Waals surface area contributed by atoms with Crippen molar-refractivity contribution in [1.82, 2.24) is 5.32 Å². The highest BCUT2D eigenvalue weighted by atomic mass is 16.1. The fourth-order valence-electron chi connectivity index (χ4n) is 1.09. The lowest BCUT2D eigenvalue weighted by Gasteiger charge is -2.20. The Bertz CT molecular complexity index is 157. The van der Waals surface area contributed by atoms with E-state index in [1.165, 1.54) is 0 Å². The zero-order chi connectivity index (χ0) is 10.5. The van der Waals surface area contributed by atoms with Gasteiger partial charge in [-0.3, -0.25) is 4.79 Å². The highest BCUT2D eigenvalue weighted by Gasteiger charge is 2.17. The summed E-state index contributed by atoms with van der Waals surface area (Å²) >= 11 is 0. The molecule has 78 valence electrons. The van der Waals surface area contributed by atoms with Crippen LogP contribution in [0.3, 0.4) is 0 Å². The zero-order valence-corrected chi connectivity index (χ0v) is 9.18. The molecule has 0 saturated carbocycles. The molecule has 0 radical (unpaired) electrons. The van der Waals surface area contributed by atoms with Crippen LogP contribution in [-0.2, 0) is 4.79 Å². The molecule has 0 bridgehead atoms. The van der Waals surface area contributed by atoms with Crippen molar-refractivity contribution in [3.63, 3.8) is 0 Å². The normalized spacial score (nSPS) is 13.9. The van der Waals surface area contributed by atoms with Gasteiger partial charge in [-0.15, -0.1) is 0 Å². The molecular weight excluding hydrogens is 164 g/mol. The summed E-state index contributed by atoms with van der Waals surface area (Å²) in [4.78, 5) is 11.4. The van der Waals surface area contributed by atoms with Gasteiger partial charge in [0.2, 0.25) is 5.91 Å². The first-order valence-corrected chi connectivity index (χ1v) is 4.88. The monoisotopic (exact) mass is 186 g/mol. The second-order valence-electron chi connectivity index (χ2n) is 4.65. The predicted molar refractivity (Wildman–Crippen MR) is 55.3 cm³/mol. The van der Waals surface area contributed by atoms with Gasteiger partial charge in [0.25, 0.3) is 0 Å². The van der Waals surface area contributed by atoms with E-state index in [9.17, 15) is 4.79 Å². The SMILES string of the molecule is CCC(CN)NC(=O)CC(C)(C)C. The standard InChI is InChI=1S/C10H22N2O/c1-5-8(7-11)12-9(13)6-10(2,3)4/h8H,5-7,11H2,1-4H3,(H,12,13). The summed E-state index contributed by atoms with van der Waals surface area (Å²) < 4.78 is 0. The van der Waals surface area contributed by atoms with Crippen LogP contribution < -0.4 is 11.1 Å². The lowest BCUT2D eigenvalue weighted by molar-refractivity contribution is -0.123. The summed E-state index contributed by atoms with van der Waals surface area (Å²) in [6.07, 6.45) is 1.45. The second-order valence-corrected chi connectivity index (χ2v) is 4.65. The molecule has 0 aliphatic rings. The molecule has 0 heterocycles. The summed E-state index contributed by atoms with van der Waals surface area (Å²) in [6.45, 7) is 8.70. The van der Waals surface area contributed by atoms with E-state index in [0.717, 1.165) is 6.42 Å². The van der Waals surface area contributed by atoms with E-state index >= 15 is 0 Å². The first kappa shape index (κ1) is 12.4. The van der Waals surface area contributed by atoms with Crippen LogP contribution in [-0.4, -0.2) is 18.5 Å². The lowest BCUT2D eigenvalue weighted by atomic mass is 9.92. The van der Waals surface area contributed by atoms with Gasteiger partial charge in [-0.1, -0.05) is 27.7 Å². The maximum atomic E-state index is 11.4. The van der Waals surface area contributed by atoms with Crippen molar-refractivity contribution >= 4 is 5.91 Å². The van der Waals surface area contributed by atoms with Crippen LogP contribution in [0.15, 0.2) is 0 Å². The lowest BCUT2D eigenvalue weighted by Crippen LogP contribution is -2.40. The topological polar surface area (TPSA) is 55.1 Å². The van der Waals surface area contributed by atoms with Crippen LogP contribution in [0.4, 0.5) is 0 Å². The van der Waals surface area contributed by atoms with Crippen molar-refractivity contribution in [2.45, 2.75) is 46.6 Å². The Balaban J connectivity index is 3.86. The van der Waals surface area contributed by atoms with E-state index in [0.29, 0.717) is 13.0 Å². The largest absolute Gasteiger partial charge is 0.352 e. The van der Waals surface area contributed by atoms with Crippen molar-refractivity contribution in [3.05, 3.63) is 0 Å². The molecule has 0 aromatic rings.